The van der Waals surface area contributed by atoms with Crippen molar-refractivity contribution in [1.82, 2.24) is 15.3 Å². The molecule has 1 aliphatic heterocycles. The predicted octanol–water partition coefficient (Wildman–Crippen LogP) is 5.28. The van der Waals surface area contributed by atoms with Gasteiger partial charge in [-0.1, -0.05) is 36.4 Å². The first-order valence-electron chi connectivity index (χ1n) is 12.6. The number of carbonyl (C=O) groups excluding carboxylic acids is 1. The average Bonchev–Trinajstić information content (AvgIpc) is 2.99. The van der Waals surface area contributed by atoms with Gasteiger partial charge in [0.2, 0.25) is 0 Å². The van der Waals surface area contributed by atoms with E-state index in [0.29, 0.717) is 23.9 Å². The average molecular weight is 510 g/mol. The number of ether oxygens (including phenoxy) is 2. The zero-order valence-electron chi connectivity index (χ0n) is 21.8. The third-order valence-electron chi connectivity index (χ3n) is 6.78. The van der Waals surface area contributed by atoms with Crippen LogP contribution in [-0.2, 0) is 13.0 Å². The van der Waals surface area contributed by atoms with Crippen LogP contribution in [0.3, 0.4) is 0 Å². The van der Waals surface area contributed by atoms with Crippen molar-refractivity contribution in [3.8, 4) is 11.5 Å². The Morgan fingerprint density at radius 1 is 1.00 bits per heavy atom. The number of hydrogen-bond acceptors (Lipinski definition) is 7. The maximum atomic E-state index is 12.9. The standard InChI is InChI=1S/C30H31N5O3/c1-34(26-11-6-12-27(37-2)29(26)38-3)28-18-24(32-20-33-28)30(36)31-19-21-13-15-23(16-14-21)35-17-7-9-22-8-4-5-10-25(22)35/h4-6,8,10-16,18,20H,7,9,17,19H2,1-3H3,(H,31,36). The van der Waals surface area contributed by atoms with E-state index in [1.165, 1.54) is 17.6 Å². The zero-order valence-corrected chi connectivity index (χ0v) is 21.8. The number of para-hydroxylation sites is 2. The zero-order chi connectivity index (χ0) is 26.5. The Kier molecular flexibility index (Phi) is 7.40. The number of benzene rings is 3. The van der Waals surface area contributed by atoms with Crippen LogP contribution in [0.1, 0.15) is 28.0 Å². The minimum Gasteiger partial charge on any atom is -0.493 e. The summed E-state index contributed by atoms with van der Waals surface area (Å²) in [5.41, 5.74) is 5.87. The third kappa shape index (κ3) is 5.11. The molecule has 3 aromatic carbocycles. The first-order valence-corrected chi connectivity index (χ1v) is 12.6. The summed E-state index contributed by atoms with van der Waals surface area (Å²) < 4.78 is 11.0. The van der Waals surface area contributed by atoms with Gasteiger partial charge in [-0.15, -0.1) is 0 Å². The fourth-order valence-corrected chi connectivity index (χ4v) is 4.78. The quantitative estimate of drug-likeness (QED) is 0.346. The topological polar surface area (TPSA) is 79.8 Å². The second-order valence-electron chi connectivity index (χ2n) is 9.07. The summed E-state index contributed by atoms with van der Waals surface area (Å²) in [7, 11) is 5.03. The molecule has 0 bridgehead atoms. The molecule has 38 heavy (non-hydrogen) atoms. The second-order valence-corrected chi connectivity index (χ2v) is 9.07. The van der Waals surface area contributed by atoms with Crippen LogP contribution >= 0.6 is 0 Å². The van der Waals surface area contributed by atoms with Gasteiger partial charge in [0.15, 0.2) is 11.5 Å². The number of amides is 1. The number of rotatable bonds is 8. The molecule has 0 radical (unpaired) electrons. The van der Waals surface area contributed by atoms with Crippen molar-refractivity contribution in [2.45, 2.75) is 19.4 Å². The molecule has 8 heteroatoms. The van der Waals surface area contributed by atoms with E-state index >= 15 is 0 Å². The molecule has 0 aliphatic carbocycles. The van der Waals surface area contributed by atoms with Gasteiger partial charge in [0, 0.05) is 37.6 Å². The summed E-state index contributed by atoms with van der Waals surface area (Å²) in [5.74, 6) is 1.48. The molecule has 0 saturated heterocycles. The molecule has 1 aliphatic rings. The van der Waals surface area contributed by atoms with E-state index in [9.17, 15) is 4.79 Å². The maximum absolute atomic E-state index is 12.9. The highest BCUT2D eigenvalue weighted by Gasteiger charge is 2.19. The molecule has 1 amide bonds. The molecule has 194 valence electrons. The highest BCUT2D eigenvalue weighted by atomic mass is 16.5. The molecular formula is C30H31N5O3. The maximum Gasteiger partial charge on any atom is 0.270 e. The van der Waals surface area contributed by atoms with Crippen LogP contribution in [0, 0.1) is 0 Å². The molecule has 1 N–H and O–H groups in total. The number of fused-ring (bicyclic) bond motifs is 1. The van der Waals surface area contributed by atoms with Crippen LogP contribution in [0.5, 0.6) is 11.5 Å². The minimum atomic E-state index is -0.270. The monoisotopic (exact) mass is 509 g/mol. The fourth-order valence-electron chi connectivity index (χ4n) is 4.78. The summed E-state index contributed by atoms with van der Waals surface area (Å²) >= 11 is 0. The summed E-state index contributed by atoms with van der Waals surface area (Å²) in [6, 6.07) is 24.2. The highest BCUT2D eigenvalue weighted by molar-refractivity contribution is 5.93. The van der Waals surface area contributed by atoms with Crippen molar-refractivity contribution in [3.63, 3.8) is 0 Å². The van der Waals surface area contributed by atoms with Gasteiger partial charge >= 0.3 is 0 Å². The molecule has 8 nitrogen and oxygen atoms in total. The molecule has 0 spiro atoms. The minimum absolute atomic E-state index is 0.270. The Labute approximate surface area is 222 Å². The Balaban J connectivity index is 1.26. The van der Waals surface area contributed by atoms with Crippen LogP contribution in [-0.4, -0.2) is 43.7 Å². The van der Waals surface area contributed by atoms with Crippen molar-refractivity contribution >= 4 is 28.8 Å². The lowest BCUT2D eigenvalue weighted by Crippen LogP contribution is -2.25. The van der Waals surface area contributed by atoms with Crippen LogP contribution in [0.2, 0.25) is 0 Å². The van der Waals surface area contributed by atoms with Crippen molar-refractivity contribution in [3.05, 3.63) is 95.9 Å². The number of anilines is 4. The molecule has 0 unspecified atom stereocenters. The third-order valence-corrected chi connectivity index (χ3v) is 6.78. The van der Waals surface area contributed by atoms with Gasteiger partial charge in [-0.25, -0.2) is 9.97 Å². The van der Waals surface area contributed by atoms with Gasteiger partial charge in [-0.3, -0.25) is 4.79 Å². The molecule has 0 saturated carbocycles. The van der Waals surface area contributed by atoms with Gasteiger partial charge in [0.1, 0.15) is 17.8 Å². The smallest absolute Gasteiger partial charge is 0.270 e. The number of aromatic nitrogens is 2. The van der Waals surface area contributed by atoms with E-state index in [0.717, 1.165) is 36.3 Å². The molecule has 1 aromatic heterocycles. The molecular weight excluding hydrogens is 478 g/mol. The van der Waals surface area contributed by atoms with Crippen molar-refractivity contribution < 1.29 is 14.3 Å². The Bertz CT molecular complexity index is 1420. The SMILES string of the molecule is COc1cccc(N(C)c2cc(C(=O)NCc3ccc(N4CCCc5ccccc54)cc3)ncn2)c1OC. The molecule has 5 rings (SSSR count). The Morgan fingerprint density at radius 2 is 1.82 bits per heavy atom. The van der Waals surface area contributed by atoms with Gasteiger partial charge < -0.3 is 24.6 Å². The number of nitrogens with zero attached hydrogens (tertiary/aromatic N) is 4. The largest absolute Gasteiger partial charge is 0.493 e. The summed E-state index contributed by atoms with van der Waals surface area (Å²) in [6.07, 6.45) is 3.64. The van der Waals surface area contributed by atoms with Gasteiger partial charge in [0.25, 0.3) is 5.91 Å². The van der Waals surface area contributed by atoms with Gasteiger partial charge in [-0.2, -0.15) is 0 Å². The molecule has 2 heterocycles. The van der Waals surface area contributed by atoms with E-state index in [4.69, 9.17) is 9.47 Å². The number of methoxy groups -OCH3 is 2. The fraction of sp³-hybridized carbons (Fsp3) is 0.233. The summed E-state index contributed by atoms with van der Waals surface area (Å²) in [6.45, 7) is 1.40. The van der Waals surface area contributed by atoms with E-state index in [-0.39, 0.29) is 11.6 Å². The normalized spacial score (nSPS) is 12.4. The molecule has 0 atom stereocenters. The second kappa shape index (κ2) is 11.2. The Hall–Kier alpha value is -4.59. The van der Waals surface area contributed by atoms with Gasteiger partial charge in [0.05, 0.1) is 19.9 Å². The molecule has 0 fully saturated rings. The summed E-state index contributed by atoms with van der Waals surface area (Å²) in [4.78, 5) is 25.7. The number of aryl methyl sites for hydroxylation is 1. The van der Waals surface area contributed by atoms with E-state index in [1.807, 2.05) is 30.1 Å². The van der Waals surface area contributed by atoms with Crippen LogP contribution < -0.4 is 24.6 Å². The molecule has 4 aromatic rings. The lowest BCUT2D eigenvalue weighted by atomic mass is 10.0. The van der Waals surface area contributed by atoms with Crippen molar-refractivity contribution in [2.75, 3.05) is 37.6 Å². The van der Waals surface area contributed by atoms with Gasteiger partial charge in [-0.05, 0) is 54.3 Å². The first-order chi connectivity index (χ1) is 18.6. The predicted molar refractivity (Wildman–Crippen MR) is 149 cm³/mol. The lowest BCUT2D eigenvalue weighted by molar-refractivity contribution is 0.0945. The van der Waals surface area contributed by atoms with E-state index in [1.54, 1.807) is 20.3 Å². The number of nitrogens with one attached hydrogen (secondary N) is 1. The van der Waals surface area contributed by atoms with Crippen LogP contribution in [0.4, 0.5) is 22.9 Å². The number of hydrogen-bond donors (Lipinski definition) is 1. The van der Waals surface area contributed by atoms with Crippen molar-refractivity contribution in [1.29, 1.82) is 0 Å². The summed E-state index contributed by atoms with van der Waals surface area (Å²) in [5, 5.41) is 2.97. The van der Waals surface area contributed by atoms with E-state index in [2.05, 4.69) is 68.7 Å². The van der Waals surface area contributed by atoms with Crippen molar-refractivity contribution in [2.24, 2.45) is 0 Å². The first kappa shape index (κ1) is 25.1. The van der Waals surface area contributed by atoms with Crippen LogP contribution in [0.25, 0.3) is 0 Å². The lowest BCUT2D eigenvalue weighted by Gasteiger charge is -2.31. The van der Waals surface area contributed by atoms with E-state index < -0.39 is 0 Å². The highest BCUT2D eigenvalue weighted by Crippen LogP contribution is 2.39. The Morgan fingerprint density at radius 3 is 2.61 bits per heavy atom. The van der Waals surface area contributed by atoms with Crippen LogP contribution in [0.15, 0.2) is 79.1 Å². The number of carbonyl (C=O) groups is 1.